The van der Waals surface area contributed by atoms with Crippen LogP contribution in [0.25, 0.3) is 10.4 Å². The molecule has 0 saturated carbocycles. The molecule has 5 fully saturated rings. The Kier molecular flexibility index (Phi) is 9.74. The second-order valence-electron chi connectivity index (χ2n) is 16.5. The standard InChI is InChI=1S/C40H55N7O3S/c1-26(2)36(39(49)47-18-6-8-33(47)38(48)42-27(3)29-9-11-30(12-10-29)37-28(4)41-25-51-37)34-21-35(43-50-34)45-23-40(24-45)15-19-44(20-16-40)22-32-14-13-31-7-5-17-46(31)32/h9-12,21,25-27,31-33,36H,5-8,13-20,22-24H2,1-4H3,(H,42,48). The van der Waals surface area contributed by atoms with Gasteiger partial charge in [0, 0.05) is 49.7 Å². The van der Waals surface area contributed by atoms with Crippen LogP contribution in [0.1, 0.15) is 101 Å². The molecule has 1 aromatic carbocycles. The Labute approximate surface area is 306 Å². The lowest BCUT2D eigenvalue weighted by molar-refractivity contribution is -0.141. The topological polar surface area (TPSA) is 98.0 Å². The molecular formula is C40H55N7O3S. The Morgan fingerprint density at radius 2 is 1.76 bits per heavy atom. The first-order chi connectivity index (χ1) is 24.7. The van der Waals surface area contributed by atoms with Gasteiger partial charge in [0.15, 0.2) is 11.6 Å². The number of hydrogen-bond acceptors (Lipinski definition) is 9. The van der Waals surface area contributed by atoms with E-state index in [1.807, 2.05) is 25.4 Å². The number of fused-ring (bicyclic) bond motifs is 1. The van der Waals surface area contributed by atoms with Crippen LogP contribution in [0, 0.1) is 18.3 Å². The number of aromatic nitrogens is 2. The lowest BCUT2D eigenvalue weighted by Crippen LogP contribution is -2.61. The molecule has 5 saturated heterocycles. The van der Waals surface area contributed by atoms with E-state index in [-0.39, 0.29) is 23.8 Å². The average molecular weight is 714 g/mol. The van der Waals surface area contributed by atoms with E-state index in [1.165, 1.54) is 64.7 Å². The molecule has 5 atom stereocenters. The van der Waals surface area contributed by atoms with Gasteiger partial charge in [0.1, 0.15) is 12.0 Å². The van der Waals surface area contributed by atoms with Crippen LogP contribution in [-0.2, 0) is 9.59 Å². The normalized spacial score (nSPS) is 26.1. The van der Waals surface area contributed by atoms with E-state index >= 15 is 0 Å². The van der Waals surface area contributed by atoms with Crippen molar-refractivity contribution >= 4 is 29.0 Å². The number of anilines is 1. The molecule has 11 heteroatoms. The molecule has 1 spiro atoms. The number of nitrogens with one attached hydrogen (secondary N) is 1. The van der Waals surface area contributed by atoms with E-state index < -0.39 is 12.0 Å². The fourth-order valence-electron chi connectivity index (χ4n) is 9.83. The van der Waals surface area contributed by atoms with Crippen LogP contribution in [0.4, 0.5) is 5.82 Å². The summed E-state index contributed by atoms with van der Waals surface area (Å²) in [6.07, 6.45) is 9.52. The van der Waals surface area contributed by atoms with Gasteiger partial charge in [0.25, 0.3) is 0 Å². The number of piperidine rings is 1. The van der Waals surface area contributed by atoms with E-state index in [0.717, 1.165) is 59.1 Å². The van der Waals surface area contributed by atoms with Crippen LogP contribution in [0.15, 0.2) is 40.4 Å². The van der Waals surface area contributed by atoms with Gasteiger partial charge in [-0.15, -0.1) is 11.3 Å². The highest BCUT2D eigenvalue weighted by Gasteiger charge is 2.47. The molecule has 5 unspecified atom stereocenters. The molecule has 51 heavy (non-hydrogen) atoms. The van der Waals surface area contributed by atoms with Crippen LogP contribution in [0.5, 0.6) is 0 Å². The summed E-state index contributed by atoms with van der Waals surface area (Å²) in [6.45, 7) is 15.7. The van der Waals surface area contributed by atoms with Gasteiger partial charge in [-0.25, -0.2) is 4.98 Å². The fraction of sp³-hybridized carbons (Fsp3) is 0.650. The first kappa shape index (κ1) is 34.8. The quantitative estimate of drug-likeness (QED) is 0.264. The molecule has 0 radical (unpaired) electrons. The maximum absolute atomic E-state index is 14.2. The summed E-state index contributed by atoms with van der Waals surface area (Å²) in [5.41, 5.74) is 5.41. The summed E-state index contributed by atoms with van der Waals surface area (Å²) in [6, 6.07) is 11.3. The molecule has 0 aliphatic carbocycles. The number of nitrogens with zero attached hydrogens (tertiary/aromatic N) is 6. The zero-order valence-electron chi connectivity index (χ0n) is 30.9. The smallest absolute Gasteiger partial charge is 0.243 e. The fourth-order valence-corrected chi connectivity index (χ4v) is 10.6. The van der Waals surface area contributed by atoms with Gasteiger partial charge < -0.3 is 24.5 Å². The molecule has 8 rings (SSSR count). The molecule has 5 aliphatic heterocycles. The maximum atomic E-state index is 14.2. The summed E-state index contributed by atoms with van der Waals surface area (Å²) in [4.78, 5) is 43.0. The van der Waals surface area contributed by atoms with Crippen molar-refractivity contribution in [2.75, 3.05) is 50.7 Å². The van der Waals surface area contributed by atoms with E-state index in [1.54, 1.807) is 16.2 Å². The highest BCUT2D eigenvalue weighted by Crippen LogP contribution is 2.44. The van der Waals surface area contributed by atoms with Crippen molar-refractivity contribution in [1.82, 2.24) is 30.2 Å². The van der Waals surface area contributed by atoms with Crippen LogP contribution in [0.2, 0.25) is 0 Å². The Hall–Kier alpha value is -3.28. The van der Waals surface area contributed by atoms with Crippen LogP contribution in [0.3, 0.4) is 0 Å². The van der Waals surface area contributed by atoms with E-state index in [4.69, 9.17) is 4.52 Å². The Morgan fingerprint density at radius 3 is 2.49 bits per heavy atom. The summed E-state index contributed by atoms with van der Waals surface area (Å²) in [5, 5.41) is 7.68. The summed E-state index contributed by atoms with van der Waals surface area (Å²) in [7, 11) is 0. The number of benzene rings is 1. The lowest BCUT2D eigenvalue weighted by Gasteiger charge is -2.54. The summed E-state index contributed by atoms with van der Waals surface area (Å²) >= 11 is 1.63. The van der Waals surface area contributed by atoms with Crippen molar-refractivity contribution in [1.29, 1.82) is 0 Å². The third-order valence-electron chi connectivity index (χ3n) is 12.9. The zero-order chi connectivity index (χ0) is 35.3. The largest absolute Gasteiger partial charge is 0.358 e. The van der Waals surface area contributed by atoms with Crippen molar-refractivity contribution in [2.45, 2.75) is 109 Å². The predicted octanol–water partition coefficient (Wildman–Crippen LogP) is 6.24. The first-order valence-electron chi connectivity index (χ1n) is 19.5. The number of amides is 2. The molecule has 0 bridgehead atoms. The minimum Gasteiger partial charge on any atom is -0.358 e. The molecular weight excluding hydrogens is 659 g/mol. The molecule has 1 N–H and O–H groups in total. The van der Waals surface area contributed by atoms with Crippen molar-refractivity contribution in [2.24, 2.45) is 11.3 Å². The van der Waals surface area contributed by atoms with Crippen LogP contribution >= 0.6 is 11.3 Å². The Bertz CT molecular complexity index is 1690. The molecule has 2 amide bonds. The Morgan fingerprint density at radius 1 is 1.00 bits per heavy atom. The van der Waals surface area contributed by atoms with E-state index in [2.05, 4.69) is 68.3 Å². The minimum absolute atomic E-state index is 0.00463. The van der Waals surface area contributed by atoms with E-state index in [9.17, 15) is 9.59 Å². The van der Waals surface area contributed by atoms with Gasteiger partial charge in [-0.2, -0.15) is 0 Å². The van der Waals surface area contributed by atoms with E-state index in [0.29, 0.717) is 24.1 Å². The van der Waals surface area contributed by atoms with Gasteiger partial charge in [-0.05, 0) is 102 Å². The highest BCUT2D eigenvalue weighted by atomic mass is 32.1. The second-order valence-corrected chi connectivity index (χ2v) is 17.4. The van der Waals surface area contributed by atoms with Crippen LogP contribution < -0.4 is 10.2 Å². The van der Waals surface area contributed by atoms with Gasteiger partial charge in [0.2, 0.25) is 11.8 Å². The van der Waals surface area contributed by atoms with Gasteiger partial charge in [-0.3, -0.25) is 14.5 Å². The SMILES string of the molecule is Cc1ncsc1-c1ccc(C(C)NC(=O)C2CCCN2C(=O)C(c2cc(N3CC4(CCN(CC5CCC6CCCN65)CC4)C3)no2)C(C)C)cc1. The number of aryl methyl sites for hydroxylation is 1. The third-order valence-corrected chi connectivity index (χ3v) is 13.8. The number of hydrogen-bond donors (Lipinski definition) is 1. The molecule has 3 aromatic rings. The van der Waals surface area contributed by atoms with Crippen molar-refractivity contribution in [3.8, 4) is 10.4 Å². The van der Waals surface area contributed by atoms with Gasteiger partial charge in [-0.1, -0.05) is 43.3 Å². The predicted molar refractivity (Wildman–Crippen MR) is 201 cm³/mol. The number of carbonyl (C=O) groups is 2. The number of thiazole rings is 1. The first-order valence-corrected chi connectivity index (χ1v) is 20.4. The minimum atomic E-state index is -0.491. The molecule has 274 valence electrons. The van der Waals surface area contributed by atoms with Crippen molar-refractivity contribution in [3.05, 3.63) is 52.9 Å². The highest BCUT2D eigenvalue weighted by molar-refractivity contribution is 7.13. The zero-order valence-corrected chi connectivity index (χ0v) is 31.7. The monoisotopic (exact) mass is 713 g/mol. The van der Waals surface area contributed by atoms with Crippen molar-refractivity contribution in [3.63, 3.8) is 0 Å². The number of likely N-dealkylation sites (tertiary alicyclic amines) is 2. The lowest BCUT2D eigenvalue weighted by atomic mass is 9.72. The second kappa shape index (κ2) is 14.3. The van der Waals surface area contributed by atoms with Crippen molar-refractivity contribution < 1.29 is 14.1 Å². The Balaban J connectivity index is 0.852. The molecule has 10 nitrogen and oxygen atoms in total. The van der Waals surface area contributed by atoms with Gasteiger partial charge >= 0.3 is 0 Å². The summed E-state index contributed by atoms with van der Waals surface area (Å²) < 4.78 is 5.93. The van der Waals surface area contributed by atoms with Crippen LogP contribution in [-0.4, -0.2) is 101 Å². The number of carbonyl (C=O) groups excluding carboxylic acids is 2. The maximum Gasteiger partial charge on any atom is 0.243 e. The molecule has 2 aromatic heterocycles. The van der Waals surface area contributed by atoms with Gasteiger partial charge in [0.05, 0.1) is 22.1 Å². The number of rotatable bonds is 10. The molecule has 5 aliphatic rings. The summed E-state index contributed by atoms with van der Waals surface area (Å²) in [5.74, 6) is 0.820. The third kappa shape index (κ3) is 6.86. The average Bonchev–Trinajstić information content (AvgIpc) is 3.95. The molecule has 7 heterocycles.